The second kappa shape index (κ2) is 9.80. The summed E-state index contributed by atoms with van der Waals surface area (Å²) < 4.78 is 28.6. The molecule has 1 N–H and O–H groups in total. The van der Waals surface area contributed by atoms with Crippen molar-refractivity contribution in [2.45, 2.75) is 31.5 Å². The highest BCUT2D eigenvalue weighted by Crippen LogP contribution is 2.28. The predicted molar refractivity (Wildman–Crippen MR) is 113 cm³/mol. The topological polar surface area (TPSA) is 59.8 Å². The zero-order valence-corrected chi connectivity index (χ0v) is 17.5. The zero-order valence-electron chi connectivity index (χ0n) is 15.8. The van der Waals surface area contributed by atoms with Gasteiger partial charge in [-0.15, -0.1) is 28.1 Å². The molecule has 0 saturated heterocycles. The highest BCUT2D eigenvalue weighted by Gasteiger charge is 2.17. The quantitative estimate of drug-likeness (QED) is 0.374. The molecule has 29 heavy (non-hydrogen) atoms. The molecule has 5 nitrogen and oxygen atoms in total. The van der Waals surface area contributed by atoms with E-state index in [4.69, 9.17) is 0 Å². The van der Waals surface area contributed by atoms with Crippen LogP contribution in [0.1, 0.15) is 18.2 Å². The SMILES string of the molecule is C=CCn1c(SCC(=O)Nc2ccc(F)cc2F)nnc1-c1csc(CCC)c1. The van der Waals surface area contributed by atoms with E-state index in [0.717, 1.165) is 36.4 Å². The van der Waals surface area contributed by atoms with E-state index in [2.05, 4.69) is 35.1 Å². The standard InChI is InChI=1S/C20H20F2N4OS2/c1-3-5-15-9-13(11-28-15)19-24-25-20(26(19)8-4-2)29-12-18(27)23-17-7-6-14(21)10-16(17)22/h4,6-7,9-11H,2-3,5,8,12H2,1H3,(H,23,27). The van der Waals surface area contributed by atoms with Crippen molar-refractivity contribution in [2.24, 2.45) is 0 Å². The lowest BCUT2D eigenvalue weighted by molar-refractivity contribution is -0.113. The van der Waals surface area contributed by atoms with Gasteiger partial charge in [-0.1, -0.05) is 31.2 Å². The van der Waals surface area contributed by atoms with Gasteiger partial charge in [0.05, 0.1) is 11.4 Å². The lowest BCUT2D eigenvalue weighted by Gasteiger charge is -2.08. The molecular formula is C20H20F2N4OS2. The fraction of sp³-hybridized carbons (Fsp3) is 0.250. The Morgan fingerprint density at radius 1 is 1.34 bits per heavy atom. The van der Waals surface area contributed by atoms with Crippen LogP contribution in [0.4, 0.5) is 14.5 Å². The highest BCUT2D eigenvalue weighted by molar-refractivity contribution is 7.99. The zero-order chi connectivity index (χ0) is 20.8. The number of thiophene rings is 1. The molecule has 0 atom stereocenters. The largest absolute Gasteiger partial charge is 0.323 e. The highest BCUT2D eigenvalue weighted by atomic mass is 32.2. The Bertz CT molecular complexity index is 1020. The van der Waals surface area contributed by atoms with Crippen molar-refractivity contribution in [3.8, 4) is 11.4 Å². The van der Waals surface area contributed by atoms with Crippen molar-refractivity contribution >= 4 is 34.7 Å². The average molecular weight is 435 g/mol. The van der Waals surface area contributed by atoms with Crippen LogP contribution in [-0.4, -0.2) is 26.4 Å². The molecule has 3 aromatic rings. The van der Waals surface area contributed by atoms with E-state index in [1.165, 1.54) is 22.7 Å². The van der Waals surface area contributed by atoms with E-state index in [-0.39, 0.29) is 11.4 Å². The lowest BCUT2D eigenvalue weighted by atomic mass is 10.2. The number of hydrogen-bond donors (Lipinski definition) is 1. The predicted octanol–water partition coefficient (Wildman–Crippen LogP) is 5.15. The summed E-state index contributed by atoms with van der Waals surface area (Å²) in [4.78, 5) is 13.5. The van der Waals surface area contributed by atoms with Gasteiger partial charge in [0.25, 0.3) is 0 Å². The van der Waals surface area contributed by atoms with Crippen molar-refractivity contribution in [1.82, 2.24) is 14.8 Å². The minimum atomic E-state index is -0.819. The molecule has 0 bridgehead atoms. The van der Waals surface area contributed by atoms with Crippen LogP contribution in [0.2, 0.25) is 0 Å². The molecular weight excluding hydrogens is 414 g/mol. The third kappa shape index (κ3) is 5.30. The van der Waals surface area contributed by atoms with Gasteiger partial charge in [0, 0.05) is 28.4 Å². The Morgan fingerprint density at radius 3 is 2.90 bits per heavy atom. The summed E-state index contributed by atoms with van der Waals surface area (Å²) in [7, 11) is 0. The van der Waals surface area contributed by atoms with Crippen molar-refractivity contribution in [3.63, 3.8) is 0 Å². The Hall–Kier alpha value is -2.52. The molecule has 3 rings (SSSR count). The number of rotatable bonds is 9. The molecule has 2 heterocycles. The van der Waals surface area contributed by atoms with E-state index in [1.807, 2.05) is 9.95 Å². The summed E-state index contributed by atoms with van der Waals surface area (Å²) in [5.41, 5.74) is 0.921. The number of carbonyl (C=O) groups is 1. The molecule has 1 aromatic carbocycles. The molecule has 0 saturated carbocycles. The molecule has 0 unspecified atom stereocenters. The van der Waals surface area contributed by atoms with Gasteiger partial charge in [0.1, 0.15) is 11.6 Å². The summed E-state index contributed by atoms with van der Waals surface area (Å²) in [6.07, 6.45) is 3.83. The van der Waals surface area contributed by atoms with Gasteiger partial charge in [-0.25, -0.2) is 8.78 Å². The number of anilines is 1. The number of benzene rings is 1. The number of hydrogen-bond acceptors (Lipinski definition) is 5. The van der Waals surface area contributed by atoms with Gasteiger partial charge in [-0.2, -0.15) is 0 Å². The number of halogens is 2. The first kappa shape index (κ1) is 21.2. The van der Waals surface area contributed by atoms with Crippen molar-refractivity contribution < 1.29 is 13.6 Å². The van der Waals surface area contributed by atoms with Gasteiger partial charge >= 0.3 is 0 Å². The number of aromatic nitrogens is 3. The molecule has 1 amide bonds. The van der Waals surface area contributed by atoms with E-state index < -0.39 is 17.5 Å². The summed E-state index contributed by atoms with van der Waals surface area (Å²) in [6.45, 7) is 6.41. The van der Waals surface area contributed by atoms with E-state index in [0.29, 0.717) is 11.7 Å². The monoisotopic (exact) mass is 434 g/mol. The maximum atomic E-state index is 13.7. The molecule has 0 radical (unpaired) electrons. The van der Waals surface area contributed by atoms with Crippen LogP contribution in [0.5, 0.6) is 0 Å². The van der Waals surface area contributed by atoms with Crippen LogP contribution in [0.15, 0.2) is 47.5 Å². The first-order chi connectivity index (χ1) is 14.0. The van der Waals surface area contributed by atoms with Gasteiger partial charge < -0.3 is 5.32 Å². The summed E-state index contributed by atoms with van der Waals surface area (Å²) in [5, 5.41) is 13.5. The maximum Gasteiger partial charge on any atom is 0.234 e. The van der Waals surface area contributed by atoms with Crippen molar-refractivity contribution in [2.75, 3.05) is 11.1 Å². The normalized spacial score (nSPS) is 10.9. The average Bonchev–Trinajstić information content (AvgIpc) is 3.30. The number of aryl methyl sites for hydroxylation is 1. The molecule has 0 fully saturated rings. The summed E-state index contributed by atoms with van der Waals surface area (Å²) in [6, 6.07) is 5.11. The summed E-state index contributed by atoms with van der Waals surface area (Å²) in [5.74, 6) is -1.21. The van der Waals surface area contributed by atoms with Crippen LogP contribution in [0.25, 0.3) is 11.4 Å². The van der Waals surface area contributed by atoms with E-state index >= 15 is 0 Å². The van der Waals surface area contributed by atoms with Gasteiger partial charge in [0.2, 0.25) is 5.91 Å². The number of allylic oxidation sites excluding steroid dienone is 1. The smallest absolute Gasteiger partial charge is 0.234 e. The fourth-order valence-electron chi connectivity index (χ4n) is 2.69. The Labute approximate surface area is 175 Å². The number of nitrogens with one attached hydrogen (secondary N) is 1. The first-order valence-corrected chi connectivity index (χ1v) is 10.9. The van der Waals surface area contributed by atoms with Gasteiger partial charge in [-0.3, -0.25) is 9.36 Å². The number of carbonyl (C=O) groups excluding carboxylic acids is 1. The number of thioether (sulfide) groups is 1. The molecule has 0 aliphatic carbocycles. The van der Waals surface area contributed by atoms with E-state index in [9.17, 15) is 13.6 Å². The lowest BCUT2D eigenvalue weighted by Crippen LogP contribution is -2.15. The molecule has 152 valence electrons. The molecule has 0 spiro atoms. The minimum absolute atomic E-state index is 0.0107. The van der Waals surface area contributed by atoms with E-state index in [1.54, 1.807) is 17.4 Å². The van der Waals surface area contributed by atoms with Crippen molar-refractivity contribution in [3.05, 3.63) is 58.8 Å². The minimum Gasteiger partial charge on any atom is -0.323 e. The Kier molecular flexibility index (Phi) is 7.16. The number of nitrogens with zero attached hydrogens (tertiary/aromatic N) is 3. The van der Waals surface area contributed by atoms with Crippen LogP contribution in [0.3, 0.4) is 0 Å². The Balaban J connectivity index is 1.70. The van der Waals surface area contributed by atoms with Crippen LogP contribution in [0, 0.1) is 11.6 Å². The third-order valence-corrected chi connectivity index (χ3v) is 5.94. The first-order valence-electron chi connectivity index (χ1n) is 9.01. The third-order valence-electron chi connectivity index (χ3n) is 3.97. The maximum absolute atomic E-state index is 13.7. The van der Waals surface area contributed by atoms with Crippen LogP contribution in [-0.2, 0) is 17.8 Å². The fourth-order valence-corrected chi connectivity index (χ4v) is 4.40. The van der Waals surface area contributed by atoms with Crippen molar-refractivity contribution in [1.29, 1.82) is 0 Å². The van der Waals surface area contributed by atoms with Crippen LogP contribution < -0.4 is 5.32 Å². The second-order valence-electron chi connectivity index (χ2n) is 6.22. The van der Waals surface area contributed by atoms with Gasteiger partial charge in [0.15, 0.2) is 11.0 Å². The van der Waals surface area contributed by atoms with Gasteiger partial charge in [-0.05, 0) is 24.6 Å². The molecule has 2 aromatic heterocycles. The summed E-state index contributed by atoms with van der Waals surface area (Å²) >= 11 is 2.88. The Morgan fingerprint density at radius 2 is 2.17 bits per heavy atom. The molecule has 9 heteroatoms. The van der Waals surface area contributed by atoms with Crippen LogP contribution >= 0.6 is 23.1 Å². The number of amides is 1. The molecule has 0 aliphatic heterocycles. The molecule has 0 aliphatic rings. The second-order valence-corrected chi connectivity index (χ2v) is 8.16.